The topological polar surface area (TPSA) is 75.6 Å². The van der Waals surface area contributed by atoms with Gasteiger partial charge in [-0.05, 0) is 43.4 Å². The molecule has 0 aromatic heterocycles. The van der Waals surface area contributed by atoms with Gasteiger partial charge in [-0.3, -0.25) is 9.59 Å². The minimum absolute atomic E-state index is 0.117. The number of carbonyl (C=O) groups is 2. The third kappa shape index (κ3) is 7.24. The van der Waals surface area contributed by atoms with E-state index in [4.69, 9.17) is 4.74 Å². The van der Waals surface area contributed by atoms with Gasteiger partial charge in [-0.2, -0.15) is 0 Å². The second kappa shape index (κ2) is 11.6. The quantitative estimate of drug-likeness (QED) is 0.569. The Bertz CT molecular complexity index is 584. The lowest BCUT2D eigenvalue weighted by Gasteiger charge is -2.27. The van der Waals surface area contributed by atoms with Crippen LogP contribution in [0.1, 0.15) is 63.9 Å². The van der Waals surface area contributed by atoms with E-state index in [0.717, 1.165) is 43.6 Å². The number of rotatable bonds is 11. The van der Waals surface area contributed by atoms with Gasteiger partial charge in [0.25, 0.3) is 0 Å². The van der Waals surface area contributed by atoms with Crippen LogP contribution in [0.5, 0.6) is 5.75 Å². The lowest BCUT2D eigenvalue weighted by atomic mass is 9.78. The number of benzene rings is 1. The van der Waals surface area contributed by atoms with Crippen LogP contribution in [-0.2, 0) is 16.0 Å². The average Bonchev–Trinajstić information content (AvgIpc) is 2.69. The smallest absolute Gasteiger partial charge is 0.307 e. The summed E-state index contributed by atoms with van der Waals surface area (Å²) in [5, 5.41) is 12.2. The third-order valence-corrected chi connectivity index (χ3v) is 5.32. The van der Waals surface area contributed by atoms with Gasteiger partial charge in [-0.15, -0.1) is 0 Å². The van der Waals surface area contributed by atoms with Crippen molar-refractivity contribution in [2.24, 2.45) is 11.8 Å². The number of hydrogen-bond donors (Lipinski definition) is 2. The number of amides is 1. The normalized spacial score (nSPS) is 19.4. The molecule has 0 radical (unpaired) electrons. The van der Waals surface area contributed by atoms with Crippen molar-refractivity contribution in [1.29, 1.82) is 0 Å². The molecule has 150 valence electrons. The maximum absolute atomic E-state index is 12.4. The molecule has 1 amide bonds. The number of hydrogen-bond acceptors (Lipinski definition) is 3. The number of nitrogens with one attached hydrogen (secondary N) is 1. The molecule has 5 nitrogen and oxygen atoms in total. The highest BCUT2D eigenvalue weighted by Gasteiger charge is 2.35. The highest BCUT2D eigenvalue weighted by atomic mass is 16.5. The van der Waals surface area contributed by atoms with Crippen LogP contribution in [0.15, 0.2) is 24.3 Å². The highest BCUT2D eigenvalue weighted by molar-refractivity contribution is 5.84. The zero-order chi connectivity index (χ0) is 19.5. The predicted molar refractivity (Wildman–Crippen MR) is 106 cm³/mol. The number of ether oxygens (including phenoxy) is 1. The average molecular weight is 376 g/mol. The Labute approximate surface area is 162 Å². The third-order valence-electron chi connectivity index (χ3n) is 5.32. The van der Waals surface area contributed by atoms with Crippen molar-refractivity contribution >= 4 is 11.9 Å². The second-order valence-electron chi connectivity index (χ2n) is 7.43. The van der Waals surface area contributed by atoms with Gasteiger partial charge in [-0.1, -0.05) is 51.2 Å². The molecule has 1 saturated carbocycles. The molecule has 0 bridgehead atoms. The maximum Gasteiger partial charge on any atom is 0.307 e. The first-order valence-corrected chi connectivity index (χ1v) is 10.3. The monoisotopic (exact) mass is 375 g/mol. The van der Waals surface area contributed by atoms with Crippen molar-refractivity contribution in [2.75, 3.05) is 13.2 Å². The first kappa shape index (κ1) is 21.3. The summed E-state index contributed by atoms with van der Waals surface area (Å²) in [5.41, 5.74) is 1.13. The summed E-state index contributed by atoms with van der Waals surface area (Å²) in [4.78, 5) is 23.7. The van der Waals surface area contributed by atoms with Crippen LogP contribution in [-0.4, -0.2) is 30.1 Å². The van der Waals surface area contributed by atoms with E-state index in [-0.39, 0.29) is 11.8 Å². The fourth-order valence-corrected chi connectivity index (χ4v) is 3.67. The van der Waals surface area contributed by atoms with Gasteiger partial charge in [0.15, 0.2) is 0 Å². The summed E-state index contributed by atoms with van der Waals surface area (Å²) in [6, 6.07) is 7.99. The first-order valence-electron chi connectivity index (χ1n) is 10.3. The van der Waals surface area contributed by atoms with Crippen molar-refractivity contribution < 1.29 is 19.4 Å². The molecule has 0 saturated heterocycles. The lowest BCUT2D eigenvalue weighted by molar-refractivity contribution is -0.148. The Kier molecular flexibility index (Phi) is 9.16. The molecule has 2 atom stereocenters. The Morgan fingerprint density at radius 3 is 2.44 bits per heavy atom. The van der Waals surface area contributed by atoms with Crippen molar-refractivity contribution in [2.45, 2.75) is 64.7 Å². The summed E-state index contributed by atoms with van der Waals surface area (Å²) in [6.45, 7) is 3.47. The number of carboxylic acids is 1. The molecule has 0 aliphatic heterocycles. The van der Waals surface area contributed by atoms with Gasteiger partial charge < -0.3 is 15.2 Å². The van der Waals surface area contributed by atoms with Crippen LogP contribution in [0.2, 0.25) is 0 Å². The van der Waals surface area contributed by atoms with Crippen LogP contribution in [0.4, 0.5) is 0 Å². The van der Waals surface area contributed by atoms with E-state index in [9.17, 15) is 14.7 Å². The van der Waals surface area contributed by atoms with Gasteiger partial charge >= 0.3 is 5.97 Å². The molecular weight excluding hydrogens is 342 g/mol. The van der Waals surface area contributed by atoms with Crippen LogP contribution < -0.4 is 10.1 Å². The van der Waals surface area contributed by atoms with Crippen molar-refractivity contribution in [3.63, 3.8) is 0 Å². The molecule has 0 spiro atoms. The van der Waals surface area contributed by atoms with Gasteiger partial charge in [-0.25, -0.2) is 0 Å². The molecule has 5 heteroatoms. The molecule has 1 aromatic carbocycles. The zero-order valence-electron chi connectivity index (χ0n) is 16.4. The van der Waals surface area contributed by atoms with E-state index in [1.165, 1.54) is 19.3 Å². The molecule has 0 heterocycles. The Balaban J connectivity index is 1.70. The van der Waals surface area contributed by atoms with E-state index >= 15 is 0 Å². The summed E-state index contributed by atoms with van der Waals surface area (Å²) in [7, 11) is 0. The van der Waals surface area contributed by atoms with Gasteiger partial charge in [0.1, 0.15) is 5.75 Å². The molecule has 1 aliphatic rings. The van der Waals surface area contributed by atoms with Gasteiger partial charge in [0.05, 0.1) is 18.4 Å². The largest absolute Gasteiger partial charge is 0.494 e. The number of unbranched alkanes of at least 4 members (excludes halogenated alkanes) is 3. The summed E-state index contributed by atoms with van der Waals surface area (Å²) in [5.74, 6) is -1.01. The van der Waals surface area contributed by atoms with Crippen molar-refractivity contribution in [1.82, 2.24) is 5.32 Å². The minimum atomic E-state index is -0.847. The lowest BCUT2D eigenvalue weighted by Crippen LogP contribution is -2.40. The van der Waals surface area contributed by atoms with E-state index in [1.807, 2.05) is 24.3 Å². The molecule has 27 heavy (non-hydrogen) atoms. The van der Waals surface area contributed by atoms with Gasteiger partial charge in [0.2, 0.25) is 5.91 Å². The fourth-order valence-electron chi connectivity index (χ4n) is 3.67. The number of aliphatic carboxylic acids is 1. The van der Waals surface area contributed by atoms with Crippen LogP contribution in [0.3, 0.4) is 0 Å². The van der Waals surface area contributed by atoms with E-state index in [0.29, 0.717) is 19.4 Å². The van der Waals surface area contributed by atoms with Gasteiger partial charge in [0, 0.05) is 6.54 Å². The Morgan fingerprint density at radius 2 is 1.78 bits per heavy atom. The summed E-state index contributed by atoms with van der Waals surface area (Å²) in [6.07, 6.45) is 8.60. The molecule has 2 unspecified atom stereocenters. The van der Waals surface area contributed by atoms with Crippen molar-refractivity contribution in [3.8, 4) is 5.75 Å². The first-order chi connectivity index (χ1) is 13.1. The molecular formula is C22H33NO4. The molecule has 1 aromatic rings. The fraction of sp³-hybridized carbons (Fsp3) is 0.636. The Hall–Kier alpha value is -2.04. The molecule has 2 rings (SSSR count). The van der Waals surface area contributed by atoms with E-state index in [2.05, 4.69) is 12.2 Å². The Morgan fingerprint density at radius 1 is 1.07 bits per heavy atom. The van der Waals surface area contributed by atoms with Crippen LogP contribution >= 0.6 is 0 Å². The summed E-state index contributed by atoms with van der Waals surface area (Å²) < 4.78 is 5.74. The van der Waals surface area contributed by atoms with Crippen LogP contribution in [0.25, 0.3) is 0 Å². The summed E-state index contributed by atoms with van der Waals surface area (Å²) >= 11 is 0. The minimum Gasteiger partial charge on any atom is -0.494 e. The second-order valence-corrected chi connectivity index (χ2v) is 7.43. The molecule has 2 N–H and O–H groups in total. The molecule has 1 aliphatic carbocycles. The van der Waals surface area contributed by atoms with E-state index < -0.39 is 11.9 Å². The predicted octanol–water partition coefficient (Wildman–Crippen LogP) is 4.20. The van der Waals surface area contributed by atoms with E-state index in [1.54, 1.807) is 0 Å². The number of carboxylic acid groups (broad SMARTS) is 1. The van der Waals surface area contributed by atoms with Crippen molar-refractivity contribution in [3.05, 3.63) is 29.8 Å². The zero-order valence-corrected chi connectivity index (χ0v) is 16.4. The maximum atomic E-state index is 12.4. The standard InChI is InChI=1S/C22H33NO4/c1-2-3-4-7-16-27-18-12-10-17(11-13-18)14-15-23-21(24)19-8-5-6-9-20(19)22(25)26/h10-13,19-20H,2-9,14-16H2,1H3,(H,23,24)(H,25,26). The number of carbonyl (C=O) groups excluding carboxylic acids is 1. The molecule has 1 fully saturated rings. The van der Waals surface area contributed by atoms with Crippen LogP contribution in [0, 0.1) is 11.8 Å². The SMILES string of the molecule is CCCCCCOc1ccc(CCNC(=O)C2CCCCC2C(=O)O)cc1. The highest BCUT2D eigenvalue weighted by Crippen LogP contribution is 2.30.